The van der Waals surface area contributed by atoms with Gasteiger partial charge in [-0.15, -0.1) is 11.3 Å². The van der Waals surface area contributed by atoms with Gasteiger partial charge in [0.25, 0.3) is 0 Å². The first-order chi connectivity index (χ1) is 9.60. The van der Waals surface area contributed by atoms with E-state index in [4.69, 9.17) is 4.74 Å². The molecule has 3 nitrogen and oxygen atoms in total. The Labute approximate surface area is 125 Å². The van der Waals surface area contributed by atoms with Crippen LogP contribution in [0.1, 0.15) is 36.2 Å². The lowest BCUT2D eigenvalue weighted by atomic mass is 10.0. The van der Waals surface area contributed by atoms with E-state index < -0.39 is 0 Å². The summed E-state index contributed by atoms with van der Waals surface area (Å²) >= 11 is 1.72. The van der Waals surface area contributed by atoms with E-state index in [2.05, 4.69) is 41.7 Å². The van der Waals surface area contributed by atoms with Crippen molar-refractivity contribution >= 4 is 11.3 Å². The number of ether oxygens (including phenoxy) is 1. The molecule has 1 atom stereocenters. The Balaban J connectivity index is 2.22. The molecule has 108 valence electrons. The van der Waals surface area contributed by atoms with Crippen LogP contribution in [0.3, 0.4) is 0 Å². The highest BCUT2D eigenvalue weighted by Crippen LogP contribution is 2.29. The second-order valence-electron chi connectivity index (χ2n) is 5.13. The molecule has 1 heterocycles. The third-order valence-electron chi connectivity index (χ3n) is 3.05. The van der Waals surface area contributed by atoms with Gasteiger partial charge in [0.15, 0.2) is 0 Å². The molecule has 0 saturated carbocycles. The van der Waals surface area contributed by atoms with Crippen LogP contribution in [-0.4, -0.2) is 18.1 Å². The molecule has 2 rings (SSSR count). The van der Waals surface area contributed by atoms with Crippen molar-refractivity contribution in [1.82, 2.24) is 10.3 Å². The van der Waals surface area contributed by atoms with Crippen molar-refractivity contribution in [2.24, 2.45) is 0 Å². The summed E-state index contributed by atoms with van der Waals surface area (Å²) in [6.45, 7) is 6.13. The predicted octanol–water partition coefficient (Wildman–Crippen LogP) is 3.74. The molecule has 1 N–H and O–H groups in total. The van der Waals surface area contributed by atoms with Crippen LogP contribution in [0.5, 0.6) is 5.75 Å². The van der Waals surface area contributed by atoms with Gasteiger partial charge in [-0.2, -0.15) is 0 Å². The topological polar surface area (TPSA) is 34.2 Å². The molecule has 0 fully saturated rings. The van der Waals surface area contributed by atoms with Crippen LogP contribution in [0.25, 0.3) is 0 Å². The number of para-hydroxylation sites is 1. The Bertz CT molecular complexity index is 551. The summed E-state index contributed by atoms with van der Waals surface area (Å²) < 4.78 is 5.91. The first-order valence-corrected chi connectivity index (χ1v) is 7.82. The molecule has 0 amide bonds. The predicted molar refractivity (Wildman–Crippen MR) is 84.6 cm³/mol. The standard InChI is InChI=1S/C16H22N2OS/c1-11(2)19-15-8-6-5-7-13(15)14(17-4)9-16-18-12(3)10-20-16/h5-8,10-11,14,17H,9H2,1-4H3. The Morgan fingerprint density at radius 2 is 2.05 bits per heavy atom. The van der Waals surface area contributed by atoms with E-state index in [0.717, 1.165) is 22.9 Å². The average Bonchev–Trinajstić information content (AvgIpc) is 2.82. The molecule has 0 saturated heterocycles. The van der Waals surface area contributed by atoms with Gasteiger partial charge in [-0.25, -0.2) is 4.98 Å². The number of nitrogens with zero attached hydrogens (tertiary/aromatic N) is 1. The number of aryl methyl sites for hydroxylation is 1. The summed E-state index contributed by atoms with van der Waals surface area (Å²) in [5, 5.41) is 6.63. The molecule has 0 aliphatic carbocycles. The molecule has 0 spiro atoms. The molecule has 1 unspecified atom stereocenters. The van der Waals surface area contributed by atoms with Crippen molar-refractivity contribution in [3.05, 3.63) is 45.9 Å². The van der Waals surface area contributed by atoms with Crippen LogP contribution >= 0.6 is 11.3 Å². The van der Waals surface area contributed by atoms with E-state index in [0.29, 0.717) is 0 Å². The lowest BCUT2D eigenvalue weighted by molar-refractivity contribution is 0.238. The number of benzene rings is 1. The van der Waals surface area contributed by atoms with E-state index in [1.54, 1.807) is 11.3 Å². The van der Waals surface area contributed by atoms with Gasteiger partial charge in [-0.3, -0.25) is 0 Å². The van der Waals surface area contributed by atoms with E-state index >= 15 is 0 Å². The van der Waals surface area contributed by atoms with Gasteiger partial charge in [0.05, 0.1) is 11.1 Å². The summed E-state index contributed by atoms with van der Waals surface area (Å²) in [4.78, 5) is 4.55. The maximum absolute atomic E-state index is 5.91. The molecular formula is C16H22N2OS. The van der Waals surface area contributed by atoms with Crippen LogP contribution < -0.4 is 10.1 Å². The number of likely N-dealkylation sites (N-methyl/N-ethyl adjacent to an activating group) is 1. The number of aromatic nitrogens is 1. The molecule has 1 aromatic heterocycles. The van der Waals surface area contributed by atoms with Gasteiger partial charge in [0.1, 0.15) is 5.75 Å². The van der Waals surface area contributed by atoms with Gasteiger partial charge in [0, 0.05) is 29.1 Å². The van der Waals surface area contributed by atoms with Gasteiger partial charge in [-0.1, -0.05) is 18.2 Å². The van der Waals surface area contributed by atoms with E-state index in [1.807, 2.05) is 26.1 Å². The van der Waals surface area contributed by atoms with Crippen molar-refractivity contribution in [3.8, 4) is 5.75 Å². The number of nitrogens with one attached hydrogen (secondary N) is 1. The Hall–Kier alpha value is -1.39. The molecular weight excluding hydrogens is 268 g/mol. The SMILES string of the molecule is CNC(Cc1nc(C)cs1)c1ccccc1OC(C)C. The summed E-state index contributed by atoms with van der Waals surface area (Å²) in [6, 6.07) is 8.45. The zero-order chi connectivity index (χ0) is 14.5. The van der Waals surface area contributed by atoms with Gasteiger partial charge in [-0.05, 0) is 33.9 Å². The van der Waals surface area contributed by atoms with Crippen molar-refractivity contribution in [2.45, 2.75) is 39.3 Å². The molecule has 2 aromatic rings. The smallest absolute Gasteiger partial charge is 0.124 e. The number of hydrogen-bond donors (Lipinski definition) is 1. The Kier molecular flexibility index (Phi) is 5.15. The molecule has 0 aliphatic rings. The number of hydrogen-bond acceptors (Lipinski definition) is 4. The van der Waals surface area contributed by atoms with Crippen molar-refractivity contribution < 1.29 is 4.74 Å². The quantitative estimate of drug-likeness (QED) is 0.880. The average molecular weight is 290 g/mol. The van der Waals surface area contributed by atoms with Gasteiger partial charge in [0.2, 0.25) is 0 Å². The highest BCUT2D eigenvalue weighted by molar-refractivity contribution is 7.09. The number of thiazole rings is 1. The van der Waals surface area contributed by atoms with E-state index in [9.17, 15) is 0 Å². The third-order valence-corrected chi connectivity index (χ3v) is 4.04. The minimum atomic E-state index is 0.177. The molecule has 0 aliphatic heterocycles. The highest BCUT2D eigenvalue weighted by atomic mass is 32.1. The van der Waals surface area contributed by atoms with Crippen LogP contribution in [0.15, 0.2) is 29.6 Å². The fraction of sp³-hybridized carbons (Fsp3) is 0.438. The molecule has 0 radical (unpaired) electrons. The van der Waals surface area contributed by atoms with Crippen LogP contribution in [0.2, 0.25) is 0 Å². The fourth-order valence-corrected chi connectivity index (χ4v) is 2.99. The third kappa shape index (κ3) is 3.81. The fourth-order valence-electron chi connectivity index (χ4n) is 2.17. The van der Waals surface area contributed by atoms with Crippen molar-refractivity contribution in [2.75, 3.05) is 7.05 Å². The first kappa shape index (κ1) is 15.0. The van der Waals surface area contributed by atoms with Crippen LogP contribution in [0, 0.1) is 6.92 Å². The minimum absolute atomic E-state index is 0.177. The van der Waals surface area contributed by atoms with E-state index in [1.165, 1.54) is 5.56 Å². The Morgan fingerprint density at radius 1 is 1.30 bits per heavy atom. The Morgan fingerprint density at radius 3 is 2.65 bits per heavy atom. The maximum Gasteiger partial charge on any atom is 0.124 e. The lowest BCUT2D eigenvalue weighted by Gasteiger charge is -2.20. The normalized spacial score (nSPS) is 12.7. The highest BCUT2D eigenvalue weighted by Gasteiger charge is 2.17. The van der Waals surface area contributed by atoms with Gasteiger partial charge >= 0.3 is 0 Å². The number of rotatable bonds is 6. The summed E-state index contributed by atoms with van der Waals surface area (Å²) in [7, 11) is 1.98. The van der Waals surface area contributed by atoms with Crippen LogP contribution in [-0.2, 0) is 6.42 Å². The monoisotopic (exact) mass is 290 g/mol. The summed E-state index contributed by atoms with van der Waals surface area (Å²) in [5.74, 6) is 0.954. The zero-order valence-corrected chi connectivity index (χ0v) is 13.3. The van der Waals surface area contributed by atoms with Crippen molar-refractivity contribution in [1.29, 1.82) is 0 Å². The van der Waals surface area contributed by atoms with Crippen molar-refractivity contribution in [3.63, 3.8) is 0 Å². The molecule has 20 heavy (non-hydrogen) atoms. The largest absolute Gasteiger partial charge is 0.491 e. The second-order valence-corrected chi connectivity index (χ2v) is 6.08. The molecule has 1 aromatic carbocycles. The molecule has 4 heteroatoms. The zero-order valence-electron chi connectivity index (χ0n) is 12.5. The second kappa shape index (κ2) is 6.86. The maximum atomic E-state index is 5.91. The lowest BCUT2D eigenvalue weighted by Crippen LogP contribution is -2.20. The van der Waals surface area contributed by atoms with E-state index in [-0.39, 0.29) is 12.1 Å². The van der Waals surface area contributed by atoms with Crippen LogP contribution in [0.4, 0.5) is 0 Å². The molecule has 0 bridgehead atoms. The first-order valence-electron chi connectivity index (χ1n) is 6.94. The summed E-state index contributed by atoms with van der Waals surface area (Å²) in [5.41, 5.74) is 2.28. The minimum Gasteiger partial charge on any atom is -0.491 e. The van der Waals surface area contributed by atoms with Gasteiger partial charge < -0.3 is 10.1 Å². The summed E-state index contributed by atoms with van der Waals surface area (Å²) in [6.07, 6.45) is 1.06.